The van der Waals surface area contributed by atoms with Gasteiger partial charge in [0.2, 0.25) is 0 Å². The van der Waals surface area contributed by atoms with Crippen LogP contribution in [0.2, 0.25) is 0 Å². The summed E-state index contributed by atoms with van der Waals surface area (Å²) >= 11 is 0. The van der Waals surface area contributed by atoms with Crippen LogP contribution in [0.5, 0.6) is 0 Å². The highest BCUT2D eigenvalue weighted by molar-refractivity contribution is 7.90. The lowest BCUT2D eigenvalue weighted by molar-refractivity contribution is -0.385. The maximum atomic E-state index is 12.1. The standard InChI is InChI=1S/C13H19N3O5S.ClH/c1-4-14-9(2)8-15-13(17)10-5-11(16(18)19)7-12(6-10)22(3,20)21;/h5-7,9,14H,4,8H2,1-3H3,(H,15,17);1H/t9-;/m1./s1. The monoisotopic (exact) mass is 365 g/mol. The topological polar surface area (TPSA) is 118 Å². The molecule has 2 N–H and O–H groups in total. The van der Waals surface area contributed by atoms with Gasteiger partial charge in [0.25, 0.3) is 11.6 Å². The molecule has 0 fully saturated rings. The van der Waals surface area contributed by atoms with Crippen LogP contribution in [-0.4, -0.2) is 44.6 Å². The molecule has 0 spiro atoms. The number of rotatable bonds is 7. The second-order valence-electron chi connectivity index (χ2n) is 4.91. The molecule has 8 nitrogen and oxygen atoms in total. The van der Waals surface area contributed by atoms with Gasteiger partial charge in [-0.05, 0) is 19.5 Å². The van der Waals surface area contributed by atoms with Gasteiger partial charge in [-0.2, -0.15) is 0 Å². The summed E-state index contributed by atoms with van der Waals surface area (Å²) in [5, 5.41) is 16.6. The van der Waals surface area contributed by atoms with E-state index < -0.39 is 26.4 Å². The zero-order valence-electron chi connectivity index (χ0n) is 13.0. The number of hydrogen-bond acceptors (Lipinski definition) is 6. The van der Waals surface area contributed by atoms with Crippen LogP contribution in [0.3, 0.4) is 0 Å². The van der Waals surface area contributed by atoms with E-state index in [1.807, 2.05) is 13.8 Å². The summed E-state index contributed by atoms with van der Waals surface area (Å²) in [4.78, 5) is 21.9. The molecule has 0 aliphatic rings. The summed E-state index contributed by atoms with van der Waals surface area (Å²) in [7, 11) is -3.65. The minimum Gasteiger partial charge on any atom is -0.350 e. The third-order valence-electron chi connectivity index (χ3n) is 2.91. The molecule has 1 rings (SSSR count). The van der Waals surface area contributed by atoms with Crippen LogP contribution < -0.4 is 10.6 Å². The molecule has 0 bridgehead atoms. The first-order valence-electron chi connectivity index (χ1n) is 6.66. The van der Waals surface area contributed by atoms with Crippen molar-refractivity contribution in [2.45, 2.75) is 24.8 Å². The van der Waals surface area contributed by atoms with E-state index in [1.165, 1.54) is 0 Å². The highest BCUT2D eigenvalue weighted by atomic mass is 35.5. The average molecular weight is 366 g/mol. The molecule has 0 saturated carbocycles. The Balaban J connectivity index is 0.00000484. The van der Waals surface area contributed by atoms with Gasteiger partial charge >= 0.3 is 0 Å². The van der Waals surface area contributed by atoms with Crippen molar-refractivity contribution in [2.75, 3.05) is 19.3 Å². The number of likely N-dealkylation sites (N-methyl/N-ethyl adjacent to an activating group) is 1. The van der Waals surface area contributed by atoms with Gasteiger partial charge in [-0.15, -0.1) is 12.4 Å². The van der Waals surface area contributed by atoms with Crippen LogP contribution in [0.4, 0.5) is 5.69 Å². The molecule has 1 atom stereocenters. The number of nitrogens with zero attached hydrogens (tertiary/aromatic N) is 1. The maximum absolute atomic E-state index is 12.1. The number of sulfone groups is 1. The van der Waals surface area contributed by atoms with Crippen molar-refractivity contribution in [1.29, 1.82) is 0 Å². The molecular weight excluding hydrogens is 346 g/mol. The Morgan fingerprint density at radius 3 is 2.43 bits per heavy atom. The fourth-order valence-electron chi connectivity index (χ4n) is 1.80. The summed E-state index contributed by atoms with van der Waals surface area (Å²) in [6, 6.07) is 3.16. The van der Waals surface area contributed by atoms with Crippen LogP contribution in [0, 0.1) is 10.1 Å². The second-order valence-corrected chi connectivity index (χ2v) is 6.93. The minimum atomic E-state index is -3.65. The van der Waals surface area contributed by atoms with E-state index in [9.17, 15) is 23.3 Å². The van der Waals surface area contributed by atoms with E-state index in [2.05, 4.69) is 10.6 Å². The molecule has 1 amide bonds. The number of carbonyl (C=O) groups is 1. The van der Waals surface area contributed by atoms with E-state index in [4.69, 9.17) is 0 Å². The predicted octanol–water partition coefficient (Wildman–Crippen LogP) is 1.15. The molecule has 10 heteroatoms. The number of benzene rings is 1. The van der Waals surface area contributed by atoms with Crippen LogP contribution in [0.25, 0.3) is 0 Å². The lowest BCUT2D eigenvalue weighted by Gasteiger charge is -2.13. The molecule has 130 valence electrons. The molecule has 0 aromatic heterocycles. The van der Waals surface area contributed by atoms with Crippen LogP contribution in [-0.2, 0) is 9.84 Å². The van der Waals surface area contributed by atoms with Crippen molar-refractivity contribution in [3.8, 4) is 0 Å². The Bertz CT molecular complexity index is 678. The van der Waals surface area contributed by atoms with Crippen molar-refractivity contribution in [3.05, 3.63) is 33.9 Å². The molecule has 0 aliphatic heterocycles. The van der Waals surface area contributed by atoms with Crippen molar-refractivity contribution < 1.29 is 18.1 Å². The second kappa shape index (κ2) is 8.80. The SMILES string of the molecule is CCN[C@H](C)CNC(=O)c1cc([N+](=O)[O-])cc(S(C)(=O)=O)c1.Cl. The first-order chi connectivity index (χ1) is 10.1. The lowest BCUT2D eigenvalue weighted by Crippen LogP contribution is -2.38. The Morgan fingerprint density at radius 1 is 1.35 bits per heavy atom. The van der Waals surface area contributed by atoms with Crippen molar-refractivity contribution in [1.82, 2.24) is 10.6 Å². The summed E-state index contributed by atoms with van der Waals surface area (Å²) < 4.78 is 23.1. The van der Waals surface area contributed by atoms with E-state index in [0.717, 1.165) is 31.0 Å². The van der Waals surface area contributed by atoms with E-state index in [-0.39, 0.29) is 28.9 Å². The maximum Gasteiger partial charge on any atom is 0.271 e. The predicted molar refractivity (Wildman–Crippen MR) is 88.9 cm³/mol. The van der Waals surface area contributed by atoms with E-state index >= 15 is 0 Å². The van der Waals surface area contributed by atoms with Crippen molar-refractivity contribution >= 4 is 33.8 Å². The zero-order chi connectivity index (χ0) is 16.9. The first kappa shape index (κ1) is 21.3. The highest BCUT2D eigenvalue weighted by Gasteiger charge is 2.19. The first-order valence-corrected chi connectivity index (χ1v) is 8.55. The molecule has 0 heterocycles. The Morgan fingerprint density at radius 2 is 1.96 bits per heavy atom. The number of carbonyl (C=O) groups excluding carboxylic acids is 1. The number of nitro groups is 1. The summed E-state index contributed by atoms with van der Waals surface area (Å²) in [6.45, 7) is 4.87. The number of nitro benzene ring substituents is 1. The van der Waals surface area contributed by atoms with Gasteiger partial charge in [-0.3, -0.25) is 14.9 Å². The fourth-order valence-corrected chi connectivity index (χ4v) is 2.48. The summed E-state index contributed by atoms with van der Waals surface area (Å²) in [6.07, 6.45) is 0.932. The molecule has 1 aromatic carbocycles. The van der Waals surface area contributed by atoms with Gasteiger partial charge in [0.05, 0.1) is 9.82 Å². The number of halogens is 1. The Kier molecular flexibility index (Phi) is 8.15. The smallest absolute Gasteiger partial charge is 0.271 e. The normalized spacial score (nSPS) is 12.1. The lowest BCUT2D eigenvalue weighted by atomic mass is 10.2. The molecule has 0 saturated heterocycles. The number of amides is 1. The molecule has 0 radical (unpaired) electrons. The molecule has 0 aliphatic carbocycles. The van der Waals surface area contributed by atoms with Gasteiger partial charge in [0.1, 0.15) is 0 Å². The highest BCUT2D eigenvalue weighted by Crippen LogP contribution is 2.20. The molecule has 23 heavy (non-hydrogen) atoms. The van der Waals surface area contributed by atoms with Gasteiger partial charge in [-0.1, -0.05) is 6.92 Å². The number of nitrogens with one attached hydrogen (secondary N) is 2. The van der Waals surface area contributed by atoms with E-state index in [0.29, 0.717) is 6.54 Å². The molecule has 0 unspecified atom stereocenters. The van der Waals surface area contributed by atoms with Crippen LogP contribution >= 0.6 is 12.4 Å². The van der Waals surface area contributed by atoms with Crippen molar-refractivity contribution in [2.24, 2.45) is 0 Å². The third-order valence-corrected chi connectivity index (χ3v) is 4.01. The quantitative estimate of drug-likeness (QED) is 0.552. The largest absolute Gasteiger partial charge is 0.350 e. The van der Waals surface area contributed by atoms with Gasteiger partial charge in [-0.25, -0.2) is 8.42 Å². The minimum absolute atomic E-state index is 0. The summed E-state index contributed by atoms with van der Waals surface area (Å²) in [5.41, 5.74) is -0.494. The van der Waals surface area contributed by atoms with Gasteiger partial charge in [0.15, 0.2) is 9.84 Å². The van der Waals surface area contributed by atoms with Crippen LogP contribution in [0.1, 0.15) is 24.2 Å². The van der Waals surface area contributed by atoms with Crippen molar-refractivity contribution in [3.63, 3.8) is 0 Å². The Labute approximate surface area is 141 Å². The number of hydrogen-bond donors (Lipinski definition) is 2. The van der Waals surface area contributed by atoms with Crippen LogP contribution in [0.15, 0.2) is 23.1 Å². The average Bonchev–Trinajstić information content (AvgIpc) is 2.43. The Hall–Kier alpha value is -1.71. The zero-order valence-corrected chi connectivity index (χ0v) is 14.7. The van der Waals surface area contributed by atoms with Gasteiger partial charge in [0, 0.05) is 36.5 Å². The van der Waals surface area contributed by atoms with E-state index in [1.54, 1.807) is 0 Å². The molecular formula is C13H20ClN3O5S. The third kappa shape index (κ3) is 6.51. The number of non-ortho nitro benzene ring substituents is 1. The fraction of sp³-hybridized carbons (Fsp3) is 0.462. The van der Waals surface area contributed by atoms with Gasteiger partial charge < -0.3 is 10.6 Å². The molecule has 1 aromatic rings. The summed E-state index contributed by atoms with van der Waals surface area (Å²) in [5.74, 6) is -0.557.